The molecule has 6 nitrogen and oxygen atoms in total. The van der Waals surface area contributed by atoms with Gasteiger partial charge in [-0.3, -0.25) is 14.4 Å². The SMILES string of the molecule is O=C1N[C@@H](Cc2ccc(Cl)cc2)C(=O)N2CCN(C(=O)c3ccc(F)cc3)C[C@H]12. The zero-order chi connectivity index (χ0) is 20.5. The van der Waals surface area contributed by atoms with Crippen LogP contribution in [0.2, 0.25) is 5.02 Å². The van der Waals surface area contributed by atoms with Crippen LogP contribution < -0.4 is 5.32 Å². The number of nitrogens with zero attached hydrogens (tertiary/aromatic N) is 2. The molecule has 3 amide bonds. The Kier molecular flexibility index (Phi) is 5.24. The second-order valence-electron chi connectivity index (χ2n) is 7.20. The topological polar surface area (TPSA) is 69.7 Å². The highest BCUT2D eigenvalue weighted by Gasteiger charge is 2.44. The third-order valence-electron chi connectivity index (χ3n) is 5.31. The highest BCUT2D eigenvalue weighted by molar-refractivity contribution is 6.30. The molecule has 0 aliphatic carbocycles. The molecule has 2 saturated heterocycles. The van der Waals surface area contributed by atoms with E-state index >= 15 is 0 Å². The van der Waals surface area contributed by atoms with Crippen LogP contribution >= 0.6 is 11.6 Å². The minimum absolute atomic E-state index is 0.113. The first-order valence-electron chi connectivity index (χ1n) is 9.32. The third-order valence-corrected chi connectivity index (χ3v) is 5.56. The molecular formula is C21H19ClFN3O3. The smallest absolute Gasteiger partial charge is 0.254 e. The molecule has 2 aliphatic heterocycles. The van der Waals surface area contributed by atoms with E-state index in [-0.39, 0.29) is 30.8 Å². The highest BCUT2D eigenvalue weighted by Crippen LogP contribution is 2.20. The summed E-state index contributed by atoms with van der Waals surface area (Å²) in [5.74, 6) is -1.14. The van der Waals surface area contributed by atoms with Gasteiger partial charge in [0, 0.05) is 30.1 Å². The lowest BCUT2D eigenvalue weighted by atomic mass is 9.98. The van der Waals surface area contributed by atoms with Gasteiger partial charge < -0.3 is 15.1 Å². The van der Waals surface area contributed by atoms with Gasteiger partial charge in [0.1, 0.15) is 17.9 Å². The Labute approximate surface area is 172 Å². The van der Waals surface area contributed by atoms with Crippen molar-refractivity contribution in [2.24, 2.45) is 0 Å². The van der Waals surface area contributed by atoms with Crippen LogP contribution in [0.15, 0.2) is 48.5 Å². The largest absolute Gasteiger partial charge is 0.342 e. The molecule has 0 aromatic heterocycles. The van der Waals surface area contributed by atoms with E-state index in [1.807, 2.05) is 12.1 Å². The van der Waals surface area contributed by atoms with Crippen LogP contribution in [0.1, 0.15) is 15.9 Å². The molecule has 0 radical (unpaired) electrons. The number of benzene rings is 2. The molecule has 2 fully saturated rings. The lowest BCUT2D eigenvalue weighted by Crippen LogP contribution is -2.70. The van der Waals surface area contributed by atoms with Crippen LogP contribution in [0, 0.1) is 5.82 Å². The minimum atomic E-state index is -0.720. The van der Waals surface area contributed by atoms with Crippen molar-refractivity contribution in [1.29, 1.82) is 0 Å². The van der Waals surface area contributed by atoms with Crippen molar-refractivity contribution in [3.63, 3.8) is 0 Å². The second kappa shape index (κ2) is 7.83. The van der Waals surface area contributed by atoms with Gasteiger partial charge in [-0.15, -0.1) is 0 Å². The average molecular weight is 416 g/mol. The van der Waals surface area contributed by atoms with Gasteiger partial charge in [0.15, 0.2) is 0 Å². The minimum Gasteiger partial charge on any atom is -0.342 e. The first-order chi connectivity index (χ1) is 13.9. The van der Waals surface area contributed by atoms with Crippen molar-refractivity contribution in [3.8, 4) is 0 Å². The molecule has 0 saturated carbocycles. The maximum atomic E-state index is 13.1. The third kappa shape index (κ3) is 3.96. The molecule has 0 unspecified atom stereocenters. The number of hydrogen-bond acceptors (Lipinski definition) is 3. The monoisotopic (exact) mass is 415 g/mol. The van der Waals surface area contributed by atoms with E-state index in [0.717, 1.165) is 5.56 Å². The van der Waals surface area contributed by atoms with Crippen LogP contribution in [0.3, 0.4) is 0 Å². The van der Waals surface area contributed by atoms with Crippen molar-refractivity contribution in [3.05, 3.63) is 70.5 Å². The molecule has 2 atom stereocenters. The summed E-state index contributed by atoms with van der Waals surface area (Å²) in [6, 6.07) is 11.1. The van der Waals surface area contributed by atoms with Crippen molar-refractivity contribution in [2.75, 3.05) is 19.6 Å². The first-order valence-corrected chi connectivity index (χ1v) is 9.70. The molecule has 2 aromatic rings. The summed E-state index contributed by atoms with van der Waals surface area (Å²) in [5.41, 5.74) is 1.25. The Morgan fingerprint density at radius 1 is 1.07 bits per heavy atom. The average Bonchev–Trinajstić information content (AvgIpc) is 2.73. The van der Waals surface area contributed by atoms with E-state index in [4.69, 9.17) is 11.6 Å². The number of carbonyl (C=O) groups is 3. The van der Waals surface area contributed by atoms with Crippen LogP contribution in [-0.2, 0) is 16.0 Å². The van der Waals surface area contributed by atoms with E-state index in [1.54, 1.807) is 17.0 Å². The lowest BCUT2D eigenvalue weighted by Gasteiger charge is -2.45. The summed E-state index contributed by atoms with van der Waals surface area (Å²) < 4.78 is 13.1. The van der Waals surface area contributed by atoms with E-state index in [0.29, 0.717) is 23.6 Å². The Hall–Kier alpha value is -2.93. The first kappa shape index (κ1) is 19.4. The molecule has 150 valence electrons. The predicted molar refractivity (Wildman–Crippen MR) is 105 cm³/mol. The summed E-state index contributed by atoms with van der Waals surface area (Å²) in [4.78, 5) is 41.3. The Bertz CT molecular complexity index is 949. The number of amides is 3. The molecule has 8 heteroatoms. The number of hydrogen-bond donors (Lipinski definition) is 1. The number of nitrogens with one attached hydrogen (secondary N) is 1. The van der Waals surface area contributed by atoms with Crippen molar-refractivity contribution in [2.45, 2.75) is 18.5 Å². The van der Waals surface area contributed by atoms with Gasteiger partial charge in [-0.1, -0.05) is 23.7 Å². The molecule has 0 spiro atoms. The number of carbonyl (C=O) groups excluding carboxylic acids is 3. The van der Waals surface area contributed by atoms with E-state index in [9.17, 15) is 18.8 Å². The van der Waals surface area contributed by atoms with Crippen LogP contribution in [0.5, 0.6) is 0 Å². The fraction of sp³-hybridized carbons (Fsp3) is 0.286. The zero-order valence-corrected chi connectivity index (χ0v) is 16.2. The second-order valence-corrected chi connectivity index (χ2v) is 7.63. The van der Waals surface area contributed by atoms with Crippen molar-refractivity contribution < 1.29 is 18.8 Å². The van der Waals surface area contributed by atoms with Crippen LogP contribution in [0.25, 0.3) is 0 Å². The van der Waals surface area contributed by atoms with Gasteiger partial charge in [0.05, 0.1) is 6.54 Å². The molecule has 1 N–H and O–H groups in total. The number of piperazine rings is 2. The van der Waals surface area contributed by atoms with Crippen LogP contribution in [-0.4, -0.2) is 59.2 Å². The molecular weight excluding hydrogens is 397 g/mol. The zero-order valence-electron chi connectivity index (χ0n) is 15.5. The Balaban J connectivity index is 1.45. The van der Waals surface area contributed by atoms with E-state index < -0.39 is 17.9 Å². The Morgan fingerprint density at radius 3 is 2.45 bits per heavy atom. The van der Waals surface area contributed by atoms with Crippen LogP contribution in [0.4, 0.5) is 4.39 Å². The molecule has 4 rings (SSSR count). The summed E-state index contributed by atoms with van der Waals surface area (Å²) in [5, 5.41) is 3.39. The highest BCUT2D eigenvalue weighted by atomic mass is 35.5. The Morgan fingerprint density at radius 2 is 1.76 bits per heavy atom. The van der Waals surface area contributed by atoms with Gasteiger partial charge in [-0.05, 0) is 42.0 Å². The van der Waals surface area contributed by atoms with E-state index in [1.165, 1.54) is 29.2 Å². The maximum absolute atomic E-state index is 13.1. The van der Waals surface area contributed by atoms with Gasteiger partial charge in [-0.2, -0.15) is 0 Å². The summed E-state index contributed by atoms with van der Waals surface area (Å²) in [7, 11) is 0. The summed E-state index contributed by atoms with van der Waals surface area (Å²) >= 11 is 5.89. The molecule has 29 heavy (non-hydrogen) atoms. The normalized spacial score (nSPS) is 21.6. The number of rotatable bonds is 3. The van der Waals surface area contributed by atoms with E-state index in [2.05, 4.69) is 5.32 Å². The standard InChI is InChI=1S/C21H19ClFN3O3/c22-15-5-1-13(2-6-15)11-17-21(29)26-10-9-25(12-18(26)19(27)24-17)20(28)14-3-7-16(23)8-4-14/h1-8,17-18H,9-12H2,(H,24,27)/t17-,18+/m0/s1. The fourth-order valence-electron chi connectivity index (χ4n) is 3.75. The maximum Gasteiger partial charge on any atom is 0.254 e. The molecule has 0 bridgehead atoms. The summed E-state index contributed by atoms with van der Waals surface area (Å²) in [6.45, 7) is 0.710. The molecule has 2 aromatic carbocycles. The van der Waals surface area contributed by atoms with Gasteiger partial charge in [0.2, 0.25) is 11.8 Å². The van der Waals surface area contributed by atoms with Crippen molar-refractivity contribution in [1.82, 2.24) is 15.1 Å². The van der Waals surface area contributed by atoms with Gasteiger partial charge >= 0.3 is 0 Å². The predicted octanol–water partition coefficient (Wildman–Crippen LogP) is 1.87. The van der Waals surface area contributed by atoms with Gasteiger partial charge in [0.25, 0.3) is 5.91 Å². The molecule has 2 heterocycles. The fourth-order valence-corrected chi connectivity index (χ4v) is 3.88. The van der Waals surface area contributed by atoms with Gasteiger partial charge in [-0.25, -0.2) is 4.39 Å². The molecule has 2 aliphatic rings. The number of fused-ring (bicyclic) bond motifs is 1. The summed E-state index contributed by atoms with van der Waals surface area (Å²) in [6.07, 6.45) is 0.378. The van der Waals surface area contributed by atoms with Crippen molar-refractivity contribution >= 4 is 29.3 Å². The quantitative estimate of drug-likeness (QED) is 0.832. The lowest BCUT2D eigenvalue weighted by molar-refractivity contribution is -0.152. The number of halogens is 2.